The van der Waals surface area contributed by atoms with Crippen LogP contribution in [0.5, 0.6) is 0 Å². The number of rotatable bonds is 7. The molecule has 7 nitrogen and oxygen atoms in total. The van der Waals surface area contributed by atoms with Gasteiger partial charge in [0.05, 0.1) is 4.92 Å². The van der Waals surface area contributed by atoms with Crippen molar-refractivity contribution in [3.63, 3.8) is 0 Å². The van der Waals surface area contributed by atoms with Crippen LogP contribution in [-0.4, -0.2) is 45.8 Å². The highest BCUT2D eigenvalue weighted by atomic mass is 16.6. The van der Waals surface area contributed by atoms with Gasteiger partial charge in [0.25, 0.3) is 0 Å². The fourth-order valence-corrected chi connectivity index (χ4v) is 2.35. The molecule has 1 heterocycles. The molecule has 0 spiro atoms. The molecule has 1 aromatic heterocycles. The molecule has 112 valence electrons. The van der Waals surface area contributed by atoms with Crippen molar-refractivity contribution < 1.29 is 4.92 Å². The zero-order valence-corrected chi connectivity index (χ0v) is 12.6. The van der Waals surface area contributed by atoms with Gasteiger partial charge in [-0.3, -0.25) is 10.1 Å². The highest BCUT2D eigenvalue weighted by Crippen LogP contribution is 2.32. The van der Waals surface area contributed by atoms with E-state index in [1.165, 1.54) is 12.8 Å². The zero-order chi connectivity index (χ0) is 14.9. The molecular formula is C13H23N5O2. The predicted octanol–water partition coefficient (Wildman–Crippen LogP) is 1.96. The van der Waals surface area contributed by atoms with Crippen molar-refractivity contribution in [2.45, 2.75) is 38.6 Å². The minimum absolute atomic E-state index is 0.0336. The normalized spacial score (nSPS) is 15.1. The van der Waals surface area contributed by atoms with Gasteiger partial charge in [0.15, 0.2) is 0 Å². The Labute approximate surface area is 119 Å². The highest BCUT2D eigenvalue weighted by molar-refractivity contribution is 5.60. The molecule has 1 fully saturated rings. The maximum atomic E-state index is 11.3. The van der Waals surface area contributed by atoms with Crippen LogP contribution in [0.4, 0.5) is 11.5 Å². The summed E-state index contributed by atoms with van der Waals surface area (Å²) in [5.41, 5.74) is 0.645. The number of likely N-dealkylation sites (N-methyl/N-ethyl adjacent to an activating group) is 1. The van der Waals surface area contributed by atoms with Gasteiger partial charge < -0.3 is 10.2 Å². The van der Waals surface area contributed by atoms with E-state index in [0.29, 0.717) is 24.1 Å². The third-order valence-electron chi connectivity index (χ3n) is 3.70. The van der Waals surface area contributed by atoms with Crippen molar-refractivity contribution in [1.29, 1.82) is 0 Å². The van der Waals surface area contributed by atoms with Crippen molar-refractivity contribution in [2.24, 2.45) is 7.05 Å². The molecule has 2 rings (SSSR count). The summed E-state index contributed by atoms with van der Waals surface area (Å²) in [6.07, 6.45) is 2.53. The van der Waals surface area contributed by atoms with Gasteiger partial charge in [0, 0.05) is 32.1 Å². The molecule has 7 heteroatoms. The molecular weight excluding hydrogens is 258 g/mol. The molecule has 0 aliphatic heterocycles. The maximum absolute atomic E-state index is 11.3. The second kappa shape index (κ2) is 5.78. The summed E-state index contributed by atoms with van der Waals surface area (Å²) in [7, 11) is 3.84. The van der Waals surface area contributed by atoms with E-state index in [4.69, 9.17) is 0 Å². The minimum Gasteiger partial charge on any atom is -0.363 e. The van der Waals surface area contributed by atoms with Gasteiger partial charge in [0.1, 0.15) is 5.69 Å². The van der Waals surface area contributed by atoms with Gasteiger partial charge in [0.2, 0.25) is 5.82 Å². The van der Waals surface area contributed by atoms with Crippen LogP contribution in [-0.2, 0) is 7.05 Å². The lowest BCUT2D eigenvalue weighted by Gasteiger charge is -2.15. The first-order valence-electron chi connectivity index (χ1n) is 7.07. The molecule has 0 atom stereocenters. The van der Waals surface area contributed by atoms with E-state index >= 15 is 0 Å². The lowest BCUT2D eigenvalue weighted by Crippen LogP contribution is -2.27. The van der Waals surface area contributed by atoms with Crippen LogP contribution in [0.25, 0.3) is 0 Å². The summed E-state index contributed by atoms with van der Waals surface area (Å²) in [4.78, 5) is 13.2. The van der Waals surface area contributed by atoms with Gasteiger partial charge in [-0.05, 0) is 19.9 Å². The summed E-state index contributed by atoms with van der Waals surface area (Å²) in [6.45, 7) is 5.40. The Morgan fingerprint density at radius 2 is 2.20 bits per heavy atom. The summed E-state index contributed by atoms with van der Waals surface area (Å²) < 4.78 is 1.57. The van der Waals surface area contributed by atoms with Crippen LogP contribution < -0.4 is 5.32 Å². The lowest BCUT2D eigenvalue weighted by atomic mass is 10.1. The Hall–Kier alpha value is -1.63. The van der Waals surface area contributed by atoms with E-state index in [9.17, 15) is 10.1 Å². The molecule has 1 aromatic rings. The van der Waals surface area contributed by atoms with E-state index in [0.717, 1.165) is 6.54 Å². The number of aryl methyl sites for hydroxylation is 1. The summed E-state index contributed by atoms with van der Waals surface area (Å²) in [6, 6.07) is 0.699. The van der Waals surface area contributed by atoms with Gasteiger partial charge in [-0.1, -0.05) is 13.8 Å². The number of hydrogen-bond donors (Lipinski definition) is 1. The highest BCUT2D eigenvalue weighted by Gasteiger charge is 2.29. The third-order valence-corrected chi connectivity index (χ3v) is 3.70. The summed E-state index contributed by atoms with van der Waals surface area (Å²) in [5, 5.41) is 18.7. The molecule has 0 bridgehead atoms. The van der Waals surface area contributed by atoms with Crippen molar-refractivity contribution in [3.05, 3.63) is 15.8 Å². The van der Waals surface area contributed by atoms with E-state index in [1.54, 1.807) is 11.7 Å². The summed E-state index contributed by atoms with van der Waals surface area (Å²) >= 11 is 0. The minimum atomic E-state index is -0.338. The van der Waals surface area contributed by atoms with Crippen molar-refractivity contribution in [3.8, 4) is 0 Å². The Morgan fingerprint density at radius 1 is 1.55 bits per heavy atom. The van der Waals surface area contributed by atoms with Crippen LogP contribution in [0.2, 0.25) is 0 Å². The van der Waals surface area contributed by atoms with Gasteiger partial charge in [-0.25, -0.2) is 4.68 Å². The van der Waals surface area contributed by atoms with E-state index < -0.39 is 0 Å². The van der Waals surface area contributed by atoms with Gasteiger partial charge >= 0.3 is 5.69 Å². The second-order valence-corrected chi connectivity index (χ2v) is 5.76. The van der Waals surface area contributed by atoms with Crippen LogP contribution in [0.1, 0.15) is 38.3 Å². The van der Waals surface area contributed by atoms with E-state index in [-0.39, 0.29) is 16.5 Å². The number of nitro groups is 1. The Bertz CT molecular complexity index is 493. The number of aromatic nitrogens is 2. The fourth-order valence-electron chi connectivity index (χ4n) is 2.35. The van der Waals surface area contributed by atoms with Gasteiger partial charge in [-0.15, -0.1) is 0 Å². The predicted molar refractivity (Wildman–Crippen MR) is 78.1 cm³/mol. The zero-order valence-electron chi connectivity index (χ0n) is 12.6. The first-order valence-corrected chi connectivity index (χ1v) is 7.07. The molecule has 0 unspecified atom stereocenters. The van der Waals surface area contributed by atoms with Crippen LogP contribution in [0.3, 0.4) is 0 Å². The Morgan fingerprint density at radius 3 is 2.70 bits per heavy atom. The quantitative estimate of drug-likeness (QED) is 0.610. The maximum Gasteiger partial charge on any atom is 0.334 e. The topological polar surface area (TPSA) is 76.2 Å². The largest absolute Gasteiger partial charge is 0.363 e. The monoisotopic (exact) mass is 281 g/mol. The third kappa shape index (κ3) is 3.09. The Kier molecular flexibility index (Phi) is 4.27. The van der Waals surface area contributed by atoms with Crippen LogP contribution in [0.15, 0.2) is 0 Å². The van der Waals surface area contributed by atoms with Crippen molar-refractivity contribution >= 4 is 11.5 Å². The van der Waals surface area contributed by atoms with Crippen molar-refractivity contribution in [1.82, 2.24) is 14.7 Å². The number of nitrogens with one attached hydrogen (secondary N) is 1. The molecule has 0 saturated heterocycles. The molecule has 0 aromatic carbocycles. The standard InChI is InChI=1S/C13H23N5O2/c1-9(2)11-12(18(19)20)13(17(4)15-11)14-7-8-16(3)10-5-6-10/h9-10,14H,5-8H2,1-4H3. The number of anilines is 1. The number of nitrogens with zero attached hydrogens (tertiary/aromatic N) is 4. The molecule has 1 aliphatic rings. The molecule has 0 radical (unpaired) electrons. The fraction of sp³-hybridized carbons (Fsp3) is 0.769. The average molecular weight is 281 g/mol. The van der Waals surface area contributed by atoms with E-state index in [2.05, 4.69) is 22.4 Å². The molecule has 1 N–H and O–H groups in total. The second-order valence-electron chi connectivity index (χ2n) is 5.76. The van der Waals surface area contributed by atoms with Gasteiger partial charge in [-0.2, -0.15) is 5.10 Å². The first kappa shape index (κ1) is 14.8. The lowest BCUT2D eigenvalue weighted by molar-refractivity contribution is -0.384. The number of hydrogen-bond acceptors (Lipinski definition) is 5. The first-order chi connectivity index (χ1) is 9.41. The average Bonchev–Trinajstić information content (AvgIpc) is 3.14. The Balaban J connectivity index is 2.07. The van der Waals surface area contributed by atoms with Crippen molar-refractivity contribution in [2.75, 3.05) is 25.5 Å². The molecule has 20 heavy (non-hydrogen) atoms. The molecule has 1 saturated carbocycles. The molecule has 1 aliphatic carbocycles. The van der Waals surface area contributed by atoms with Crippen LogP contribution >= 0.6 is 0 Å². The smallest absolute Gasteiger partial charge is 0.334 e. The van der Waals surface area contributed by atoms with E-state index in [1.807, 2.05) is 13.8 Å². The molecule has 0 amide bonds. The SMILES string of the molecule is CC(C)c1nn(C)c(NCCN(C)C2CC2)c1[N+](=O)[O-]. The van der Waals surface area contributed by atoms with Crippen LogP contribution in [0, 0.1) is 10.1 Å². The summed E-state index contributed by atoms with van der Waals surface area (Å²) in [5.74, 6) is 0.536.